The van der Waals surface area contributed by atoms with Gasteiger partial charge >= 0.3 is 12.3 Å². The third-order valence-electron chi connectivity index (χ3n) is 12.7. The Kier molecular flexibility index (Phi) is 13.8. The molecule has 2 aromatic rings. The maximum absolute atomic E-state index is 15.1. The Bertz CT molecular complexity index is 2300. The number of carbonyl (C=O) groups excluding carboxylic acids is 4. The number of amides is 4. The molecule has 2 saturated carbocycles. The van der Waals surface area contributed by atoms with E-state index in [1.165, 1.54) is 32.2 Å². The van der Waals surface area contributed by atoms with Gasteiger partial charge in [0.15, 0.2) is 5.60 Å². The van der Waals surface area contributed by atoms with E-state index in [4.69, 9.17) is 18.9 Å². The summed E-state index contributed by atoms with van der Waals surface area (Å²) >= 11 is 0. The topological polar surface area (TPSA) is 204 Å². The maximum Gasteiger partial charge on any atom is 0.438 e. The Labute approximate surface area is 374 Å². The highest BCUT2D eigenvalue weighted by atomic mass is 32.2. The van der Waals surface area contributed by atoms with Gasteiger partial charge in [0.25, 0.3) is 11.8 Å². The van der Waals surface area contributed by atoms with Crippen LogP contribution in [0, 0.1) is 17.8 Å². The van der Waals surface area contributed by atoms with Crippen molar-refractivity contribution in [2.75, 3.05) is 20.3 Å². The molecule has 3 heterocycles. The van der Waals surface area contributed by atoms with Gasteiger partial charge < -0.3 is 34.5 Å². The molecule has 0 radical (unpaired) electrons. The number of nitrogens with zero attached hydrogens (tertiary/aromatic N) is 3. The van der Waals surface area contributed by atoms with E-state index < -0.39 is 116 Å². The van der Waals surface area contributed by atoms with Crippen LogP contribution in [0.3, 0.4) is 0 Å². The molecule has 360 valence electrons. The van der Waals surface area contributed by atoms with Crippen molar-refractivity contribution in [1.82, 2.24) is 30.2 Å². The standard InChI is InChI=1S/C43H57F5N6O10S/c1-23(2)62-27-13-14-29-30(18-27)50-35(33(49-29)43(46,47)48)63-28-19-31-34(55)52-42(37(57)53-65(59,60)40(6)15-16-40)20-26(42)12-10-9-11-24(3)17-25(22-61-8)32(36(56)54(31)21-28)51-38(58)64-39(4,5)41(7,44)45/h10,12-14,18,23-26,28,31-32H,9,11,15-17,19-22H2,1-8H3,(H,51,58)(H,52,55)(H,53,57)/b12-10-/t24-,25+,26-,28-,31+,32+,42-/m1/s1. The number of alkyl carbamates (subject to hydrolysis) is 1. The van der Waals surface area contributed by atoms with Crippen molar-refractivity contribution in [2.45, 2.75) is 146 Å². The van der Waals surface area contributed by atoms with Gasteiger partial charge in [-0.1, -0.05) is 19.1 Å². The molecule has 2 aliphatic carbocycles. The van der Waals surface area contributed by atoms with E-state index in [1.807, 2.05) is 6.92 Å². The number of carbonyl (C=O) groups is 4. The van der Waals surface area contributed by atoms with E-state index in [9.17, 15) is 44.8 Å². The van der Waals surface area contributed by atoms with Crippen molar-refractivity contribution in [2.24, 2.45) is 17.8 Å². The van der Waals surface area contributed by atoms with Crippen molar-refractivity contribution in [3.05, 3.63) is 36.0 Å². The number of fused-ring (bicyclic) bond motifs is 3. The number of ether oxygens (including phenoxy) is 4. The molecule has 1 aromatic heterocycles. The number of hydrogen-bond donors (Lipinski definition) is 3. The summed E-state index contributed by atoms with van der Waals surface area (Å²) in [7, 11) is -2.84. The zero-order valence-electron chi connectivity index (χ0n) is 37.5. The minimum Gasteiger partial charge on any atom is -0.491 e. The van der Waals surface area contributed by atoms with Crippen molar-refractivity contribution >= 4 is 44.9 Å². The number of methoxy groups -OCH3 is 1. The second-order valence-electron chi connectivity index (χ2n) is 18.8. The van der Waals surface area contributed by atoms with E-state index in [-0.39, 0.29) is 48.3 Å². The van der Waals surface area contributed by atoms with Crippen molar-refractivity contribution < 1.29 is 68.5 Å². The summed E-state index contributed by atoms with van der Waals surface area (Å²) in [6.45, 7) is 8.63. The molecule has 4 aliphatic rings. The summed E-state index contributed by atoms with van der Waals surface area (Å²) in [5.41, 5.74) is -5.81. The number of alkyl halides is 5. The van der Waals surface area contributed by atoms with Gasteiger partial charge in [-0.15, -0.1) is 0 Å². The van der Waals surface area contributed by atoms with Crippen molar-refractivity contribution in [1.29, 1.82) is 0 Å². The highest BCUT2D eigenvalue weighted by molar-refractivity contribution is 7.91. The predicted octanol–water partition coefficient (Wildman–Crippen LogP) is 5.82. The molecule has 16 nitrogen and oxygen atoms in total. The summed E-state index contributed by atoms with van der Waals surface area (Å²) < 4.78 is 123. The van der Waals surface area contributed by atoms with Gasteiger partial charge in [0.05, 0.1) is 35.0 Å². The largest absolute Gasteiger partial charge is 0.491 e. The van der Waals surface area contributed by atoms with Crippen molar-refractivity contribution in [3.8, 4) is 11.6 Å². The molecular formula is C43H57F5N6O10S. The number of nitrogens with one attached hydrogen (secondary N) is 3. The molecule has 0 unspecified atom stereocenters. The third-order valence-corrected chi connectivity index (χ3v) is 14.8. The number of allylic oxidation sites excluding steroid dienone is 1. The fourth-order valence-electron chi connectivity index (χ4n) is 8.06. The number of hydrogen-bond acceptors (Lipinski definition) is 12. The van der Waals surface area contributed by atoms with E-state index in [0.29, 0.717) is 32.6 Å². The van der Waals surface area contributed by atoms with E-state index in [2.05, 4.69) is 25.3 Å². The van der Waals surface area contributed by atoms with Gasteiger partial charge in [0.1, 0.15) is 29.5 Å². The number of benzene rings is 1. The Morgan fingerprint density at radius 1 is 1.05 bits per heavy atom. The molecule has 22 heteroatoms. The Hall–Kier alpha value is -4.86. The first-order valence-corrected chi connectivity index (χ1v) is 23.0. The minimum atomic E-state index is -5.09. The highest BCUT2D eigenvalue weighted by Crippen LogP contribution is 2.48. The van der Waals surface area contributed by atoms with Crippen LogP contribution in [-0.4, -0.2) is 113 Å². The first kappa shape index (κ1) is 49.6. The monoisotopic (exact) mass is 944 g/mol. The summed E-state index contributed by atoms with van der Waals surface area (Å²) in [4.78, 5) is 66.1. The van der Waals surface area contributed by atoms with E-state index in [0.717, 1.165) is 18.7 Å². The average molecular weight is 945 g/mol. The van der Waals surface area contributed by atoms with Crippen LogP contribution in [0.15, 0.2) is 30.4 Å². The average Bonchev–Trinajstić information content (AvgIpc) is 4.06. The first-order valence-electron chi connectivity index (χ1n) is 21.5. The second kappa shape index (κ2) is 18.1. The van der Waals surface area contributed by atoms with Crippen LogP contribution < -0.4 is 24.8 Å². The normalized spacial score (nSPS) is 27.9. The second-order valence-corrected chi connectivity index (χ2v) is 21.0. The lowest BCUT2D eigenvalue weighted by molar-refractivity contribution is -0.152. The number of aromatic nitrogens is 2. The number of rotatable bonds is 12. The van der Waals surface area contributed by atoms with Crippen LogP contribution in [-0.2, 0) is 40.1 Å². The Morgan fingerprint density at radius 3 is 2.35 bits per heavy atom. The first-order chi connectivity index (χ1) is 30.1. The zero-order valence-corrected chi connectivity index (χ0v) is 38.3. The molecule has 1 saturated heterocycles. The molecule has 4 amide bonds. The highest BCUT2D eigenvalue weighted by Gasteiger charge is 2.63. The van der Waals surface area contributed by atoms with Gasteiger partial charge in [-0.3, -0.25) is 19.1 Å². The van der Waals surface area contributed by atoms with Gasteiger partial charge in [-0.05, 0) is 91.2 Å². The number of halogens is 5. The molecule has 0 bridgehead atoms. The van der Waals surface area contributed by atoms with Crippen LogP contribution in [0.1, 0.15) is 99.1 Å². The van der Waals surface area contributed by atoms with E-state index >= 15 is 4.79 Å². The molecule has 7 atom stereocenters. The molecule has 1 aromatic carbocycles. The molecule has 3 fully saturated rings. The van der Waals surface area contributed by atoms with Gasteiger partial charge in [-0.25, -0.2) is 32.0 Å². The molecule has 6 rings (SSSR count). The summed E-state index contributed by atoms with van der Waals surface area (Å²) in [6, 6.07) is 0.876. The van der Waals surface area contributed by atoms with Crippen LogP contribution >= 0.6 is 0 Å². The Balaban J connectivity index is 1.42. The van der Waals surface area contributed by atoms with Crippen molar-refractivity contribution in [3.63, 3.8) is 0 Å². The maximum atomic E-state index is 15.1. The smallest absolute Gasteiger partial charge is 0.438 e. The SMILES string of the molecule is COC[C@@H]1C[C@H](C)CC/C=C\[C@@H]2C[C@@]2(C(=O)NS(=O)(=O)C2(C)CC2)NC(=O)[C@@H]2C[C@@H](Oc3nc4cc(OC(C)C)ccc4nc3C(F)(F)F)CN2C(=O)[C@H]1NC(=O)OC(C)(C)C(C)(F)F. The van der Waals surface area contributed by atoms with Gasteiger partial charge in [0.2, 0.25) is 33.4 Å². The van der Waals surface area contributed by atoms with Crippen LogP contribution in [0.2, 0.25) is 0 Å². The van der Waals surface area contributed by atoms with Gasteiger partial charge in [0, 0.05) is 38.4 Å². The molecule has 65 heavy (non-hydrogen) atoms. The fraction of sp³-hybridized carbons (Fsp3) is 0.674. The Morgan fingerprint density at radius 2 is 1.74 bits per heavy atom. The fourth-order valence-corrected chi connectivity index (χ4v) is 9.37. The summed E-state index contributed by atoms with van der Waals surface area (Å²) in [6.07, 6.45) is -3.38. The minimum absolute atomic E-state index is 0.0165. The zero-order chi connectivity index (χ0) is 48.1. The summed E-state index contributed by atoms with van der Waals surface area (Å²) in [5.74, 6) is -8.90. The van der Waals surface area contributed by atoms with Crippen LogP contribution in [0.5, 0.6) is 11.6 Å². The molecule has 2 aliphatic heterocycles. The van der Waals surface area contributed by atoms with E-state index in [1.54, 1.807) is 26.0 Å². The van der Waals surface area contributed by atoms with Crippen LogP contribution in [0.4, 0.5) is 26.7 Å². The lowest BCUT2D eigenvalue weighted by Gasteiger charge is -2.35. The third kappa shape index (κ3) is 10.9. The molecular weight excluding hydrogens is 888 g/mol. The predicted molar refractivity (Wildman–Crippen MR) is 224 cm³/mol. The molecule has 0 spiro atoms. The number of sulfonamides is 1. The lowest BCUT2D eigenvalue weighted by atomic mass is 9.87. The quantitative estimate of drug-likeness (QED) is 0.170. The summed E-state index contributed by atoms with van der Waals surface area (Å²) in [5, 5.41) is 5.11. The molecule has 3 N–H and O–H groups in total. The lowest BCUT2D eigenvalue weighted by Crippen LogP contribution is -2.60. The van der Waals surface area contributed by atoms with Gasteiger partial charge in [-0.2, -0.15) is 13.2 Å². The van der Waals surface area contributed by atoms with Crippen LogP contribution in [0.25, 0.3) is 11.0 Å².